The Balaban J connectivity index is 2.16. The van der Waals surface area contributed by atoms with Crippen LogP contribution < -0.4 is 0 Å². The van der Waals surface area contributed by atoms with Crippen molar-refractivity contribution in [3.8, 4) is 0 Å². The van der Waals surface area contributed by atoms with Gasteiger partial charge in [-0.1, -0.05) is 37.3 Å². The van der Waals surface area contributed by atoms with Crippen molar-refractivity contribution in [3.63, 3.8) is 0 Å². The fraction of sp³-hybridized carbons (Fsp3) is 0.538. The van der Waals surface area contributed by atoms with Gasteiger partial charge in [0.1, 0.15) is 0 Å². The van der Waals surface area contributed by atoms with Crippen molar-refractivity contribution in [2.75, 3.05) is 13.6 Å². The van der Waals surface area contributed by atoms with Gasteiger partial charge in [-0.25, -0.2) is 0 Å². The second kappa shape index (κ2) is 4.14. The third-order valence-electron chi connectivity index (χ3n) is 3.32. The van der Waals surface area contributed by atoms with Crippen LogP contribution in [0.25, 0.3) is 0 Å². The highest BCUT2D eigenvalue weighted by atomic mass is 15.1. The predicted octanol–water partition coefficient (Wildman–Crippen LogP) is 3.09. The maximum atomic E-state index is 2.48. The highest BCUT2D eigenvalue weighted by molar-refractivity contribution is 5.19. The van der Waals surface area contributed by atoms with Crippen LogP contribution in [0.5, 0.6) is 0 Å². The summed E-state index contributed by atoms with van der Waals surface area (Å²) in [6.07, 6.45) is 2.65. The summed E-state index contributed by atoms with van der Waals surface area (Å²) in [5, 5.41) is 0. The standard InChI is InChI=1S/C13H19N/c1-11-8-9-14(2)13(10-11)12-6-4-3-5-7-12/h3-7,11,13H,8-10H2,1-2H3. The molecule has 0 aliphatic carbocycles. The van der Waals surface area contributed by atoms with Crippen LogP contribution in [0.3, 0.4) is 0 Å². The number of hydrogen-bond donors (Lipinski definition) is 0. The minimum atomic E-state index is 0.639. The van der Waals surface area contributed by atoms with Crippen molar-refractivity contribution in [1.82, 2.24) is 4.90 Å². The Hall–Kier alpha value is -0.820. The molecule has 2 atom stereocenters. The van der Waals surface area contributed by atoms with Crippen molar-refractivity contribution in [2.45, 2.75) is 25.8 Å². The predicted molar refractivity (Wildman–Crippen MR) is 60.2 cm³/mol. The first-order chi connectivity index (χ1) is 6.77. The Bertz CT molecular complexity index is 281. The highest BCUT2D eigenvalue weighted by Gasteiger charge is 2.24. The Labute approximate surface area is 86.7 Å². The van der Waals surface area contributed by atoms with E-state index in [4.69, 9.17) is 0 Å². The molecule has 1 heterocycles. The van der Waals surface area contributed by atoms with Gasteiger partial charge in [0, 0.05) is 6.04 Å². The first kappa shape index (κ1) is 9.72. The summed E-state index contributed by atoms with van der Waals surface area (Å²) in [4.78, 5) is 2.48. The zero-order valence-corrected chi connectivity index (χ0v) is 9.11. The smallest absolute Gasteiger partial charge is 0.0347 e. The Morgan fingerprint density at radius 1 is 1.21 bits per heavy atom. The first-order valence-corrected chi connectivity index (χ1v) is 5.52. The molecule has 1 fully saturated rings. The molecule has 0 aromatic heterocycles. The summed E-state index contributed by atoms with van der Waals surface area (Å²) in [6, 6.07) is 11.5. The van der Waals surface area contributed by atoms with Gasteiger partial charge in [0.25, 0.3) is 0 Å². The van der Waals surface area contributed by atoms with Crippen LogP contribution in [0.1, 0.15) is 31.4 Å². The van der Waals surface area contributed by atoms with E-state index in [2.05, 4.69) is 49.2 Å². The molecule has 0 N–H and O–H groups in total. The molecular formula is C13H19N. The molecule has 1 aliphatic rings. The molecular weight excluding hydrogens is 170 g/mol. The minimum absolute atomic E-state index is 0.639. The summed E-state index contributed by atoms with van der Waals surface area (Å²) in [7, 11) is 2.24. The zero-order chi connectivity index (χ0) is 9.97. The Morgan fingerprint density at radius 2 is 1.93 bits per heavy atom. The molecule has 0 amide bonds. The van der Waals surface area contributed by atoms with Crippen LogP contribution in [0.2, 0.25) is 0 Å². The highest BCUT2D eigenvalue weighted by Crippen LogP contribution is 2.32. The molecule has 0 radical (unpaired) electrons. The number of nitrogens with zero attached hydrogens (tertiary/aromatic N) is 1. The van der Waals surface area contributed by atoms with E-state index in [9.17, 15) is 0 Å². The van der Waals surface area contributed by atoms with E-state index >= 15 is 0 Å². The van der Waals surface area contributed by atoms with Crippen molar-refractivity contribution in [1.29, 1.82) is 0 Å². The van der Waals surface area contributed by atoms with Crippen LogP contribution >= 0.6 is 0 Å². The average Bonchev–Trinajstić information content (AvgIpc) is 2.23. The SMILES string of the molecule is CC1CCN(C)C(c2ccccc2)C1. The molecule has 0 bridgehead atoms. The number of rotatable bonds is 1. The van der Waals surface area contributed by atoms with Crippen LogP contribution in [0.4, 0.5) is 0 Å². The molecule has 2 unspecified atom stereocenters. The van der Waals surface area contributed by atoms with E-state index in [-0.39, 0.29) is 0 Å². The lowest BCUT2D eigenvalue weighted by atomic mass is 9.89. The van der Waals surface area contributed by atoms with Crippen LogP contribution in [0, 0.1) is 5.92 Å². The van der Waals surface area contributed by atoms with E-state index in [1.165, 1.54) is 24.9 Å². The van der Waals surface area contributed by atoms with Gasteiger partial charge in [-0.15, -0.1) is 0 Å². The van der Waals surface area contributed by atoms with Gasteiger partial charge < -0.3 is 0 Å². The fourth-order valence-corrected chi connectivity index (χ4v) is 2.32. The molecule has 0 saturated carbocycles. The second-order valence-corrected chi connectivity index (χ2v) is 4.54. The van der Waals surface area contributed by atoms with Gasteiger partial charge in [-0.3, -0.25) is 4.90 Å². The third kappa shape index (κ3) is 1.98. The quantitative estimate of drug-likeness (QED) is 0.656. The summed E-state index contributed by atoms with van der Waals surface area (Å²) in [6.45, 7) is 3.60. The molecule has 1 aromatic carbocycles. The Morgan fingerprint density at radius 3 is 2.64 bits per heavy atom. The van der Waals surface area contributed by atoms with E-state index in [0.29, 0.717) is 6.04 Å². The van der Waals surface area contributed by atoms with E-state index in [0.717, 1.165) is 5.92 Å². The summed E-state index contributed by atoms with van der Waals surface area (Å²) in [5.41, 5.74) is 1.47. The normalized spacial score (nSPS) is 29.0. The van der Waals surface area contributed by atoms with Crippen molar-refractivity contribution < 1.29 is 0 Å². The second-order valence-electron chi connectivity index (χ2n) is 4.54. The van der Waals surface area contributed by atoms with Crippen molar-refractivity contribution in [2.24, 2.45) is 5.92 Å². The Kier molecular flexibility index (Phi) is 2.87. The maximum absolute atomic E-state index is 2.48. The lowest BCUT2D eigenvalue weighted by Gasteiger charge is -2.36. The maximum Gasteiger partial charge on any atom is 0.0347 e. The number of likely N-dealkylation sites (tertiary alicyclic amines) is 1. The van der Waals surface area contributed by atoms with Crippen LogP contribution in [-0.2, 0) is 0 Å². The van der Waals surface area contributed by atoms with Gasteiger partial charge in [0.15, 0.2) is 0 Å². The van der Waals surface area contributed by atoms with E-state index in [1.807, 2.05) is 0 Å². The summed E-state index contributed by atoms with van der Waals surface area (Å²) in [5.74, 6) is 0.872. The molecule has 76 valence electrons. The topological polar surface area (TPSA) is 3.24 Å². The largest absolute Gasteiger partial charge is 0.299 e. The van der Waals surface area contributed by atoms with E-state index < -0.39 is 0 Å². The average molecular weight is 189 g/mol. The molecule has 14 heavy (non-hydrogen) atoms. The molecule has 1 nitrogen and oxygen atoms in total. The van der Waals surface area contributed by atoms with Gasteiger partial charge in [-0.2, -0.15) is 0 Å². The number of hydrogen-bond acceptors (Lipinski definition) is 1. The van der Waals surface area contributed by atoms with Gasteiger partial charge in [0.05, 0.1) is 0 Å². The van der Waals surface area contributed by atoms with E-state index in [1.54, 1.807) is 0 Å². The lowest BCUT2D eigenvalue weighted by molar-refractivity contribution is 0.150. The number of piperidine rings is 1. The first-order valence-electron chi connectivity index (χ1n) is 5.52. The zero-order valence-electron chi connectivity index (χ0n) is 9.11. The van der Waals surface area contributed by atoms with Crippen LogP contribution in [0.15, 0.2) is 30.3 Å². The molecule has 2 rings (SSSR count). The summed E-state index contributed by atoms with van der Waals surface area (Å²) >= 11 is 0. The minimum Gasteiger partial charge on any atom is -0.299 e. The molecule has 1 aliphatic heterocycles. The van der Waals surface area contributed by atoms with Crippen LogP contribution in [-0.4, -0.2) is 18.5 Å². The summed E-state index contributed by atoms with van der Waals surface area (Å²) < 4.78 is 0. The van der Waals surface area contributed by atoms with Gasteiger partial charge >= 0.3 is 0 Å². The van der Waals surface area contributed by atoms with Crippen molar-refractivity contribution in [3.05, 3.63) is 35.9 Å². The third-order valence-corrected chi connectivity index (χ3v) is 3.32. The van der Waals surface area contributed by atoms with Crippen molar-refractivity contribution >= 4 is 0 Å². The monoisotopic (exact) mass is 189 g/mol. The molecule has 1 saturated heterocycles. The fourth-order valence-electron chi connectivity index (χ4n) is 2.32. The number of benzene rings is 1. The van der Waals surface area contributed by atoms with Gasteiger partial charge in [0.2, 0.25) is 0 Å². The van der Waals surface area contributed by atoms with Gasteiger partial charge in [-0.05, 0) is 37.9 Å². The lowest BCUT2D eigenvalue weighted by Crippen LogP contribution is -2.32. The molecule has 0 spiro atoms. The molecule has 1 aromatic rings. The molecule has 1 heteroatoms.